The van der Waals surface area contributed by atoms with Gasteiger partial charge >= 0.3 is 5.97 Å². The molecule has 1 atom stereocenters. The van der Waals surface area contributed by atoms with Crippen LogP contribution in [0.15, 0.2) is 6.07 Å². The molecule has 0 saturated carbocycles. The first kappa shape index (κ1) is 14.4. The third-order valence-corrected chi connectivity index (χ3v) is 5.92. The van der Waals surface area contributed by atoms with E-state index < -0.39 is 11.5 Å². The van der Waals surface area contributed by atoms with Crippen molar-refractivity contribution in [3.8, 4) is 0 Å². The van der Waals surface area contributed by atoms with Crippen LogP contribution < -0.4 is 5.32 Å². The summed E-state index contributed by atoms with van der Waals surface area (Å²) in [5.41, 5.74) is 0.00859. The summed E-state index contributed by atoms with van der Waals surface area (Å²) in [4.78, 5) is 25.4. The molecule has 0 radical (unpaired) electrons. The highest BCUT2D eigenvalue weighted by molar-refractivity contribution is 7.99. The van der Waals surface area contributed by atoms with Gasteiger partial charge < -0.3 is 10.4 Å². The second-order valence-electron chi connectivity index (χ2n) is 4.71. The molecule has 1 amide bonds. The molecule has 1 aliphatic rings. The Morgan fingerprint density at radius 2 is 2.26 bits per heavy atom. The highest BCUT2D eigenvalue weighted by Crippen LogP contribution is 2.29. The lowest BCUT2D eigenvalue weighted by atomic mass is 9.99. The highest BCUT2D eigenvalue weighted by Gasteiger charge is 2.43. The lowest BCUT2D eigenvalue weighted by Crippen LogP contribution is -2.54. The van der Waals surface area contributed by atoms with E-state index in [-0.39, 0.29) is 5.91 Å². The van der Waals surface area contributed by atoms with Crippen LogP contribution in [0.1, 0.15) is 33.5 Å². The molecule has 1 aromatic heterocycles. The summed E-state index contributed by atoms with van der Waals surface area (Å²) in [6, 6.07) is 1.84. The van der Waals surface area contributed by atoms with E-state index in [1.165, 1.54) is 16.2 Å². The summed E-state index contributed by atoms with van der Waals surface area (Å²) < 4.78 is 0. The predicted molar refractivity (Wildman–Crippen MR) is 78.2 cm³/mol. The molecule has 4 nitrogen and oxygen atoms in total. The van der Waals surface area contributed by atoms with Crippen LogP contribution in [0, 0.1) is 6.92 Å². The Kier molecular flexibility index (Phi) is 4.20. The number of rotatable bonds is 4. The van der Waals surface area contributed by atoms with Crippen LogP contribution in [0.25, 0.3) is 0 Å². The van der Waals surface area contributed by atoms with Gasteiger partial charge in [0.25, 0.3) is 5.91 Å². The fourth-order valence-electron chi connectivity index (χ4n) is 2.15. The summed E-state index contributed by atoms with van der Waals surface area (Å²) in [5, 5.41) is 12.1. The molecule has 104 valence electrons. The molecular formula is C13H17NO3S2. The topological polar surface area (TPSA) is 66.4 Å². The largest absolute Gasteiger partial charge is 0.479 e. The zero-order chi connectivity index (χ0) is 14.0. The highest BCUT2D eigenvalue weighted by atomic mass is 32.2. The molecule has 0 unspecified atom stereocenters. The second-order valence-corrected chi connectivity index (χ2v) is 6.96. The van der Waals surface area contributed by atoms with E-state index in [4.69, 9.17) is 0 Å². The van der Waals surface area contributed by atoms with Crippen molar-refractivity contribution in [3.05, 3.63) is 21.4 Å². The number of carbonyl (C=O) groups excluding carboxylic acids is 1. The molecule has 0 aliphatic carbocycles. The molecule has 0 spiro atoms. The van der Waals surface area contributed by atoms with Crippen LogP contribution in [0.3, 0.4) is 0 Å². The molecule has 0 bridgehead atoms. The van der Waals surface area contributed by atoms with Gasteiger partial charge in [0.1, 0.15) is 5.54 Å². The number of aliphatic carboxylic acids is 1. The number of aryl methyl sites for hydroxylation is 2. The average Bonchev–Trinajstić information content (AvgIpc) is 2.96. The molecule has 0 aromatic carbocycles. The third-order valence-electron chi connectivity index (χ3n) is 3.35. The number of thioether (sulfide) groups is 1. The standard InChI is InChI=1S/C13H17NO3S2/c1-3-9-8(2)6-10(19-9)11(15)14-13(12(16)17)4-5-18-7-13/h6H,3-5,7H2,1-2H3,(H,14,15)(H,16,17)/t13-/m0/s1. The van der Waals surface area contributed by atoms with Crippen molar-refractivity contribution in [2.45, 2.75) is 32.2 Å². The first-order valence-electron chi connectivity index (χ1n) is 6.21. The minimum atomic E-state index is -1.09. The summed E-state index contributed by atoms with van der Waals surface area (Å²) in [5.74, 6) is 0.0162. The molecule has 1 saturated heterocycles. The Bertz CT molecular complexity index is 504. The minimum Gasteiger partial charge on any atom is -0.479 e. The van der Waals surface area contributed by atoms with Crippen LogP contribution >= 0.6 is 23.1 Å². The van der Waals surface area contributed by atoms with Crippen molar-refractivity contribution in [1.82, 2.24) is 5.32 Å². The van der Waals surface area contributed by atoms with E-state index in [9.17, 15) is 14.7 Å². The van der Waals surface area contributed by atoms with Gasteiger partial charge in [-0.1, -0.05) is 6.92 Å². The van der Waals surface area contributed by atoms with Gasteiger partial charge in [-0.25, -0.2) is 4.79 Å². The second kappa shape index (κ2) is 5.54. The van der Waals surface area contributed by atoms with E-state index in [0.717, 1.165) is 17.7 Å². The summed E-state index contributed by atoms with van der Waals surface area (Å²) in [6.07, 6.45) is 1.38. The van der Waals surface area contributed by atoms with E-state index in [0.29, 0.717) is 17.1 Å². The Labute approximate surface area is 120 Å². The van der Waals surface area contributed by atoms with Crippen molar-refractivity contribution in [2.75, 3.05) is 11.5 Å². The number of carbonyl (C=O) groups is 2. The number of thiophene rings is 1. The summed E-state index contributed by atoms with van der Waals surface area (Å²) >= 11 is 3.02. The Morgan fingerprint density at radius 3 is 2.74 bits per heavy atom. The summed E-state index contributed by atoms with van der Waals surface area (Å²) in [6.45, 7) is 4.03. The van der Waals surface area contributed by atoms with Crippen LogP contribution in [-0.2, 0) is 11.2 Å². The van der Waals surface area contributed by atoms with Crippen LogP contribution in [0.5, 0.6) is 0 Å². The molecule has 2 N–H and O–H groups in total. The van der Waals surface area contributed by atoms with Crippen molar-refractivity contribution >= 4 is 35.0 Å². The number of carboxylic acid groups (broad SMARTS) is 1. The Balaban J connectivity index is 2.17. The monoisotopic (exact) mass is 299 g/mol. The van der Waals surface area contributed by atoms with Crippen molar-refractivity contribution in [3.63, 3.8) is 0 Å². The third kappa shape index (κ3) is 2.79. The van der Waals surface area contributed by atoms with Gasteiger partial charge in [0.2, 0.25) is 0 Å². The number of hydrogen-bond acceptors (Lipinski definition) is 4. The maximum atomic E-state index is 12.2. The van der Waals surface area contributed by atoms with E-state index >= 15 is 0 Å². The lowest BCUT2D eigenvalue weighted by molar-refractivity contribution is -0.143. The van der Waals surface area contributed by atoms with Gasteiger partial charge in [-0.3, -0.25) is 4.79 Å². The van der Waals surface area contributed by atoms with Gasteiger partial charge in [0, 0.05) is 10.6 Å². The van der Waals surface area contributed by atoms with Gasteiger partial charge in [-0.2, -0.15) is 11.8 Å². The van der Waals surface area contributed by atoms with Gasteiger partial charge in [-0.05, 0) is 37.1 Å². The number of hydrogen-bond donors (Lipinski definition) is 2. The predicted octanol–water partition coefficient (Wildman–Crippen LogP) is 2.31. The zero-order valence-electron chi connectivity index (χ0n) is 11.0. The molecule has 1 fully saturated rings. The Morgan fingerprint density at radius 1 is 1.53 bits per heavy atom. The first-order valence-corrected chi connectivity index (χ1v) is 8.18. The molecule has 1 aromatic rings. The summed E-state index contributed by atoms with van der Waals surface area (Å²) in [7, 11) is 0. The maximum absolute atomic E-state index is 12.2. The molecule has 19 heavy (non-hydrogen) atoms. The molecule has 2 heterocycles. The molecule has 6 heteroatoms. The van der Waals surface area contributed by atoms with Gasteiger partial charge in [-0.15, -0.1) is 11.3 Å². The zero-order valence-corrected chi connectivity index (χ0v) is 12.6. The van der Waals surface area contributed by atoms with Crippen LogP contribution in [0.2, 0.25) is 0 Å². The fourth-order valence-corrected chi connectivity index (χ4v) is 4.48. The number of carboxylic acids is 1. The first-order chi connectivity index (χ1) is 8.98. The molecule has 2 rings (SSSR count). The van der Waals surface area contributed by atoms with Crippen molar-refractivity contribution in [2.24, 2.45) is 0 Å². The number of nitrogens with one attached hydrogen (secondary N) is 1. The molecular weight excluding hydrogens is 282 g/mol. The van der Waals surface area contributed by atoms with Crippen molar-refractivity contribution < 1.29 is 14.7 Å². The van der Waals surface area contributed by atoms with E-state index in [2.05, 4.69) is 5.32 Å². The van der Waals surface area contributed by atoms with Gasteiger partial charge in [0.05, 0.1) is 4.88 Å². The van der Waals surface area contributed by atoms with E-state index in [1.54, 1.807) is 11.8 Å². The van der Waals surface area contributed by atoms with E-state index in [1.807, 2.05) is 19.9 Å². The fraction of sp³-hybridized carbons (Fsp3) is 0.538. The number of amides is 1. The minimum absolute atomic E-state index is 0.266. The van der Waals surface area contributed by atoms with Crippen molar-refractivity contribution in [1.29, 1.82) is 0 Å². The molecule has 1 aliphatic heterocycles. The normalized spacial score (nSPS) is 22.4. The quantitative estimate of drug-likeness (QED) is 0.895. The Hall–Kier alpha value is -1.01. The maximum Gasteiger partial charge on any atom is 0.330 e. The smallest absolute Gasteiger partial charge is 0.330 e. The van der Waals surface area contributed by atoms with Gasteiger partial charge in [0.15, 0.2) is 0 Å². The average molecular weight is 299 g/mol. The lowest BCUT2D eigenvalue weighted by Gasteiger charge is -2.24. The van der Waals surface area contributed by atoms with Crippen LogP contribution in [0.4, 0.5) is 0 Å². The van der Waals surface area contributed by atoms with Crippen LogP contribution in [-0.4, -0.2) is 34.0 Å². The SMILES string of the molecule is CCc1sc(C(=O)N[C@@]2(C(=O)O)CCSC2)cc1C.